The highest BCUT2D eigenvalue weighted by atomic mass is 16.2. The lowest BCUT2D eigenvalue weighted by Gasteiger charge is -2.19. The Labute approximate surface area is 142 Å². The number of aryl methyl sites for hydroxylation is 2. The first-order chi connectivity index (χ1) is 11.6. The van der Waals surface area contributed by atoms with Crippen molar-refractivity contribution in [1.82, 2.24) is 0 Å². The van der Waals surface area contributed by atoms with E-state index in [2.05, 4.69) is 12.2 Å². The van der Waals surface area contributed by atoms with E-state index in [1.54, 1.807) is 4.90 Å². The molecule has 0 aliphatic carbocycles. The summed E-state index contributed by atoms with van der Waals surface area (Å²) < 4.78 is 0. The maximum atomic E-state index is 12.6. The molecule has 0 aromatic heterocycles. The van der Waals surface area contributed by atoms with Gasteiger partial charge in [-0.2, -0.15) is 0 Å². The number of amides is 2. The summed E-state index contributed by atoms with van der Waals surface area (Å²) in [4.78, 5) is 26.7. The van der Waals surface area contributed by atoms with Crippen molar-refractivity contribution in [3.05, 3.63) is 59.7 Å². The Morgan fingerprint density at radius 2 is 1.88 bits per heavy atom. The van der Waals surface area contributed by atoms with Crippen LogP contribution in [0, 0.1) is 12.8 Å². The molecule has 4 nitrogen and oxygen atoms in total. The van der Waals surface area contributed by atoms with Crippen molar-refractivity contribution in [1.29, 1.82) is 0 Å². The SMILES string of the molecule is CCc1ccccc1NC(=O)C1CC(=O)N(c2ccccc2C)C1. The molecule has 0 radical (unpaired) electrons. The van der Waals surface area contributed by atoms with E-state index in [1.165, 1.54) is 0 Å². The largest absolute Gasteiger partial charge is 0.326 e. The van der Waals surface area contributed by atoms with Gasteiger partial charge >= 0.3 is 0 Å². The van der Waals surface area contributed by atoms with E-state index in [4.69, 9.17) is 0 Å². The summed E-state index contributed by atoms with van der Waals surface area (Å²) in [6.45, 7) is 4.47. The first-order valence-corrected chi connectivity index (χ1v) is 8.35. The zero-order valence-corrected chi connectivity index (χ0v) is 14.1. The fourth-order valence-electron chi connectivity index (χ4n) is 3.17. The van der Waals surface area contributed by atoms with Crippen LogP contribution in [0.2, 0.25) is 0 Å². The van der Waals surface area contributed by atoms with Gasteiger partial charge in [0.2, 0.25) is 11.8 Å². The highest BCUT2D eigenvalue weighted by Crippen LogP contribution is 2.28. The lowest BCUT2D eigenvalue weighted by molar-refractivity contribution is -0.122. The number of rotatable bonds is 4. The smallest absolute Gasteiger partial charge is 0.229 e. The van der Waals surface area contributed by atoms with E-state index in [9.17, 15) is 9.59 Å². The van der Waals surface area contributed by atoms with Crippen molar-refractivity contribution < 1.29 is 9.59 Å². The van der Waals surface area contributed by atoms with Gasteiger partial charge in [-0.3, -0.25) is 9.59 Å². The Morgan fingerprint density at radius 1 is 1.17 bits per heavy atom. The van der Waals surface area contributed by atoms with E-state index in [1.807, 2.05) is 55.5 Å². The number of nitrogens with one attached hydrogen (secondary N) is 1. The first-order valence-electron chi connectivity index (χ1n) is 8.35. The van der Waals surface area contributed by atoms with Crippen LogP contribution in [0.15, 0.2) is 48.5 Å². The molecule has 1 aliphatic heterocycles. The van der Waals surface area contributed by atoms with Gasteiger partial charge < -0.3 is 10.2 Å². The second kappa shape index (κ2) is 6.87. The molecular formula is C20H22N2O2. The lowest BCUT2D eigenvalue weighted by Crippen LogP contribution is -2.28. The van der Waals surface area contributed by atoms with E-state index in [-0.39, 0.29) is 24.2 Å². The number of nitrogens with zero attached hydrogens (tertiary/aromatic N) is 1. The number of anilines is 2. The zero-order valence-electron chi connectivity index (χ0n) is 14.1. The van der Waals surface area contributed by atoms with Crippen LogP contribution in [0.25, 0.3) is 0 Å². The van der Waals surface area contributed by atoms with Crippen LogP contribution in [-0.2, 0) is 16.0 Å². The van der Waals surface area contributed by atoms with E-state index < -0.39 is 0 Å². The quantitative estimate of drug-likeness (QED) is 0.936. The van der Waals surface area contributed by atoms with Gasteiger partial charge in [0.15, 0.2) is 0 Å². The molecule has 1 N–H and O–H groups in total. The molecule has 2 amide bonds. The van der Waals surface area contributed by atoms with Gasteiger partial charge in [-0.25, -0.2) is 0 Å². The molecule has 1 fully saturated rings. The molecule has 1 saturated heterocycles. The minimum Gasteiger partial charge on any atom is -0.326 e. The van der Waals surface area contributed by atoms with Gasteiger partial charge in [-0.15, -0.1) is 0 Å². The van der Waals surface area contributed by atoms with Crippen LogP contribution < -0.4 is 10.2 Å². The first kappa shape index (κ1) is 16.2. The number of benzene rings is 2. The third-order valence-corrected chi connectivity index (χ3v) is 4.56. The molecule has 24 heavy (non-hydrogen) atoms. The van der Waals surface area contributed by atoms with Crippen molar-refractivity contribution in [3.63, 3.8) is 0 Å². The van der Waals surface area contributed by atoms with Crippen molar-refractivity contribution in [2.24, 2.45) is 5.92 Å². The van der Waals surface area contributed by atoms with Gasteiger partial charge in [0.25, 0.3) is 0 Å². The van der Waals surface area contributed by atoms with Gasteiger partial charge in [0, 0.05) is 24.3 Å². The van der Waals surface area contributed by atoms with Crippen LogP contribution in [-0.4, -0.2) is 18.4 Å². The monoisotopic (exact) mass is 322 g/mol. The summed E-state index contributed by atoms with van der Waals surface area (Å²) in [5.41, 5.74) is 3.88. The summed E-state index contributed by atoms with van der Waals surface area (Å²) in [6, 6.07) is 15.6. The van der Waals surface area contributed by atoms with Crippen molar-refractivity contribution >= 4 is 23.2 Å². The Kier molecular flexibility index (Phi) is 4.65. The van der Waals surface area contributed by atoms with Gasteiger partial charge in [-0.1, -0.05) is 43.3 Å². The number of hydrogen-bond donors (Lipinski definition) is 1. The topological polar surface area (TPSA) is 49.4 Å². The van der Waals surface area contributed by atoms with E-state index >= 15 is 0 Å². The summed E-state index contributed by atoms with van der Waals surface area (Å²) in [7, 11) is 0. The third kappa shape index (κ3) is 3.18. The summed E-state index contributed by atoms with van der Waals surface area (Å²) >= 11 is 0. The van der Waals surface area contributed by atoms with Crippen LogP contribution in [0.4, 0.5) is 11.4 Å². The minimum atomic E-state index is -0.318. The molecule has 124 valence electrons. The van der Waals surface area contributed by atoms with Crippen LogP contribution in [0.5, 0.6) is 0 Å². The van der Waals surface area contributed by atoms with Crippen molar-refractivity contribution in [2.45, 2.75) is 26.7 Å². The lowest BCUT2D eigenvalue weighted by atomic mass is 10.1. The average Bonchev–Trinajstić information content (AvgIpc) is 2.97. The molecule has 2 aromatic rings. The number of carbonyl (C=O) groups excluding carboxylic acids is 2. The van der Waals surface area contributed by atoms with E-state index in [0.29, 0.717) is 6.54 Å². The summed E-state index contributed by atoms with van der Waals surface area (Å²) in [6.07, 6.45) is 1.11. The fourth-order valence-corrected chi connectivity index (χ4v) is 3.17. The number of para-hydroxylation sites is 2. The molecular weight excluding hydrogens is 300 g/mol. The summed E-state index contributed by atoms with van der Waals surface area (Å²) in [5.74, 6) is -0.393. The normalized spacial score (nSPS) is 17.2. The molecule has 0 saturated carbocycles. The Hall–Kier alpha value is -2.62. The molecule has 0 bridgehead atoms. The Balaban J connectivity index is 1.74. The van der Waals surface area contributed by atoms with Crippen LogP contribution >= 0.6 is 0 Å². The standard InChI is InChI=1S/C20H22N2O2/c1-3-15-9-5-6-10-17(15)21-20(24)16-12-19(23)22(13-16)18-11-7-4-8-14(18)2/h4-11,16H,3,12-13H2,1-2H3,(H,21,24). The molecule has 1 atom stereocenters. The molecule has 4 heteroatoms. The average molecular weight is 322 g/mol. The fraction of sp³-hybridized carbons (Fsp3) is 0.300. The predicted molar refractivity (Wildman–Crippen MR) is 96.1 cm³/mol. The predicted octanol–water partition coefficient (Wildman–Crippen LogP) is 3.55. The van der Waals surface area contributed by atoms with Crippen LogP contribution in [0.3, 0.4) is 0 Å². The third-order valence-electron chi connectivity index (χ3n) is 4.56. The van der Waals surface area contributed by atoms with Crippen LogP contribution in [0.1, 0.15) is 24.5 Å². The van der Waals surface area contributed by atoms with Gasteiger partial charge in [-0.05, 0) is 36.6 Å². The Morgan fingerprint density at radius 3 is 2.62 bits per heavy atom. The van der Waals surface area contributed by atoms with Gasteiger partial charge in [0.05, 0.1) is 5.92 Å². The number of carbonyl (C=O) groups is 2. The maximum Gasteiger partial charge on any atom is 0.229 e. The van der Waals surface area contributed by atoms with Crippen molar-refractivity contribution in [3.8, 4) is 0 Å². The van der Waals surface area contributed by atoms with Gasteiger partial charge in [0.1, 0.15) is 0 Å². The summed E-state index contributed by atoms with van der Waals surface area (Å²) in [5, 5.41) is 2.99. The highest BCUT2D eigenvalue weighted by Gasteiger charge is 2.35. The Bertz CT molecular complexity index is 770. The van der Waals surface area contributed by atoms with Crippen molar-refractivity contribution in [2.75, 3.05) is 16.8 Å². The molecule has 3 rings (SSSR count). The number of hydrogen-bond acceptors (Lipinski definition) is 2. The second-order valence-corrected chi connectivity index (χ2v) is 6.19. The van der Waals surface area contributed by atoms with E-state index in [0.717, 1.165) is 28.9 Å². The zero-order chi connectivity index (χ0) is 17.1. The molecule has 0 spiro atoms. The highest BCUT2D eigenvalue weighted by molar-refractivity contribution is 6.04. The molecule has 1 aliphatic rings. The minimum absolute atomic E-state index is 0.00762. The second-order valence-electron chi connectivity index (χ2n) is 6.19. The maximum absolute atomic E-state index is 12.6. The molecule has 2 aromatic carbocycles. The molecule has 1 unspecified atom stereocenters. The molecule has 1 heterocycles.